The van der Waals surface area contributed by atoms with Crippen LogP contribution in [0.2, 0.25) is 0 Å². The molecule has 0 heterocycles. The van der Waals surface area contributed by atoms with Gasteiger partial charge in [-0.25, -0.2) is 8.42 Å². The van der Waals surface area contributed by atoms with E-state index in [9.17, 15) is 13.2 Å². The first-order chi connectivity index (χ1) is 12.5. The Morgan fingerprint density at radius 3 is 2.50 bits per heavy atom. The molecule has 0 saturated heterocycles. The molecule has 0 spiro atoms. The number of unbranched alkanes of at least 4 members (excludes halogenated alkanes) is 1. The van der Waals surface area contributed by atoms with E-state index in [2.05, 4.69) is 5.32 Å². The summed E-state index contributed by atoms with van der Waals surface area (Å²) in [5.74, 6) is 0.169. The number of nitrogens with zero attached hydrogens (tertiary/aromatic N) is 1. The van der Waals surface area contributed by atoms with Gasteiger partial charge in [-0.1, -0.05) is 37.6 Å². The number of hydrogen-bond acceptors (Lipinski definition) is 4. The number of nitrogens with one attached hydrogen (secondary N) is 1. The summed E-state index contributed by atoms with van der Waals surface area (Å²) in [6.07, 6.45) is 1.79. The van der Waals surface area contributed by atoms with Gasteiger partial charge in [0.05, 0.1) is 17.7 Å². The summed E-state index contributed by atoms with van der Waals surface area (Å²) in [4.78, 5) is 12.4. The topological polar surface area (TPSA) is 75.7 Å². The molecule has 2 aromatic rings. The maximum absolute atomic E-state index is 13.1. The van der Waals surface area contributed by atoms with Crippen LogP contribution < -0.4 is 14.4 Å². The highest BCUT2D eigenvalue weighted by Crippen LogP contribution is 2.26. The van der Waals surface area contributed by atoms with Gasteiger partial charge in [-0.05, 0) is 30.7 Å². The molecule has 0 bridgehead atoms. The molecule has 0 unspecified atom stereocenters. The molecule has 140 valence electrons. The van der Waals surface area contributed by atoms with Gasteiger partial charge in [0.1, 0.15) is 12.3 Å². The number of methoxy groups -OCH3 is 1. The van der Waals surface area contributed by atoms with Crippen LogP contribution in [0.1, 0.15) is 19.8 Å². The smallest absolute Gasteiger partial charge is 0.264 e. The third-order valence-corrected chi connectivity index (χ3v) is 5.60. The molecule has 0 aromatic heterocycles. The van der Waals surface area contributed by atoms with Crippen LogP contribution in [0, 0.1) is 0 Å². The Morgan fingerprint density at radius 2 is 1.85 bits per heavy atom. The fourth-order valence-electron chi connectivity index (χ4n) is 2.39. The van der Waals surface area contributed by atoms with Crippen LogP contribution in [0.25, 0.3) is 0 Å². The van der Waals surface area contributed by atoms with Gasteiger partial charge < -0.3 is 10.1 Å². The minimum atomic E-state index is -3.89. The molecule has 0 atom stereocenters. The number of ether oxygens (including phenoxy) is 1. The minimum Gasteiger partial charge on any atom is -0.497 e. The van der Waals surface area contributed by atoms with E-state index < -0.39 is 10.0 Å². The lowest BCUT2D eigenvalue weighted by Gasteiger charge is -2.24. The lowest BCUT2D eigenvalue weighted by molar-refractivity contribution is -0.119. The molecule has 0 saturated carbocycles. The SMILES string of the molecule is CCCCNC(=O)CN(c1cccc(OC)c1)S(=O)(=O)c1ccccc1. The van der Waals surface area contributed by atoms with E-state index in [1.54, 1.807) is 42.5 Å². The predicted molar refractivity (Wildman–Crippen MR) is 102 cm³/mol. The van der Waals surface area contributed by atoms with Crippen molar-refractivity contribution in [3.05, 3.63) is 54.6 Å². The minimum absolute atomic E-state index is 0.129. The quantitative estimate of drug-likeness (QED) is 0.683. The second-order valence-corrected chi connectivity index (χ2v) is 7.59. The number of sulfonamides is 1. The van der Waals surface area contributed by atoms with E-state index in [1.807, 2.05) is 6.92 Å². The molecule has 1 amide bonds. The summed E-state index contributed by atoms with van der Waals surface area (Å²) in [5.41, 5.74) is 0.374. The third-order valence-electron chi connectivity index (χ3n) is 3.81. The van der Waals surface area contributed by atoms with Crippen LogP contribution in [-0.2, 0) is 14.8 Å². The number of carbonyl (C=O) groups excluding carboxylic acids is 1. The van der Waals surface area contributed by atoms with Crippen LogP contribution >= 0.6 is 0 Å². The van der Waals surface area contributed by atoms with Crippen LogP contribution in [-0.4, -0.2) is 34.5 Å². The highest BCUT2D eigenvalue weighted by Gasteiger charge is 2.27. The maximum atomic E-state index is 13.1. The van der Waals surface area contributed by atoms with Crippen LogP contribution in [0.5, 0.6) is 5.75 Å². The Labute approximate surface area is 154 Å². The fraction of sp³-hybridized carbons (Fsp3) is 0.316. The maximum Gasteiger partial charge on any atom is 0.264 e. The lowest BCUT2D eigenvalue weighted by atomic mass is 10.3. The van der Waals surface area contributed by atoms with Crippen molar-refractivity contribution >= 4 is 21.6 Å². The molecule has 0 radical (unpaired) electrons. The van der Waals surface area contributed by atoms with Gasteiger partial charge >= 0.3 is 0 Å². The zero-order chi connectivity index (χ0) is 19.0. The van der Waals surface area contributed by atoms with Crippen LogP contribution in [0.3, 0.4) is 0 Å². The number of anilines is 1. The van der Waals surface area contributed by atoms with Crippen LogP contribution in [0.4, 0.5) is 5.69 Å². The normalized spacial score (nSPS) is 11.0. The summed E-state index contributed by atoms with van der Waals surface area (Å²) < 4.78 is 32.5. The van der Waals surface area contributed by atoms with E-state index in [0.29, 0.717) is 18.0 Å². The Kier molecular flexibility index (Phi) is 7.03. The number of carbonyl (C=O) groups is 1. The van der Waals surface area contributed by atoms with Crippen molar-refractivity contribution in [1.82, 2.24) is 5.32 Å². The summed E-state index contributed by atoms with van der Waals surface area (Å²) in [7, 11) is -2.38. The van der Waals surface area contributed by atoms with E-state index >= 15 is 0 Å². The van der Waals surface area contributed by atoms with E-state index in [1.165, 1.54) is 19.2 Å². The Morgan fingerprint density at radius 1 is 1.12 bits per heavy atom. The molecule has 0 fully saturated rings. The molecular formula is C19H24N2O4S. The number of benzene rings is 2. The molecule has 1 N–H and O–H groups in total. The largest absolute Gasteiger partial charge is 0.497 e. The van der Waals surface area contributed by atoms with Crippen molar-refractivity contribution in [1.29, 1.82) is 0 Å². The van der Waals surface area contributed by atoms with Gasteiger partial charge in [-0.3, -0.25) is 9.10 Å². The van der Waals surface area contributed by atoms with Gasteiger partial charge in [-0.2, -0.15) is 0 Å². The van der Waals surface area contributed by atoms with Crippen molar-refractivity contribution in [2.75, 3.05) is 24.5 Å². The Hall–Kier alpha value is -2.54. The van der Waals surface area contributed by atoms with E-state index in [-0.39, 0.29) is 17.3 Å². The number of hydrogen-bond donors (Lipinski definition) is 1. The molecule has 26 heavy (non-hydrogen) atoms. The average Bonchev–Trinajstić information content (AvgIpc) is 2.67. The molecule has 7 heteroatoms. The predicted octanol–water partition coefficient (Wildman–Crippen LogP) is 2.81. The lowest BCUT2D eigenvalue weighted by Crippen LogP contribution is -2.41. The van der Waals surface area contributed by atoms with Crippen LogP contribution in [0.15, 0.2) is 59.5 Å². The first kappa shape index (κ1) is 19.8. The molecule has 6 nitrogen and oxygen atoms in total. The Balaban J connectivity index is 2.36. The zero-order valence-corrected chi connectivity index (χ0v) is 15.8. The number of rotatable bonds is 9. The van der Waals surface area contributed by atoms with Gasteiger partial charge in [0, 0.05) is 12.6 Å². The molecule has 0 aliphatic heterocycles. The molecule has 2 aromatic carbocycles. The van der Waals surface area contributed by atoms with Crippen molar-refractivity contribution < 1.29 is 17.9 Å². The summed E-state index contributed by atoms with van der Waals surface area (Å²) >= 11 is 0. The molecule has 0 aliphatic carbocycles. The Bertz CT molecular complexity index is 822. The third kappa shape index (κ3) is 4.98. The van der Waals surface area contributed by atoms with Gasteiger partial charge in [-0.15, -0.1) is 0 Å². The van der Waals surface area contributed by atoms with E-state index in [0.717, 1.165) is 17.1 Å². The molecule has 2 rings (SSSR count). The summed E-state index contributed by atoms with van der Waals surface area (Å²) in [5, 5.41) is 2.76. The highest BCUT2D eigenvalue weighted by molar-refractivity contribution is 7.92. The number of amides is 1. The zero-order valence-electron chi connectivity index (χ0n) is 15.0. The molecule has 0 aliphatic rings. The highest BCUT2D eigenvalue weighted by atomic mass is 32.2. The second-order valence-electron chi connectivity index (χ2n) is 5.73. The second kappa shape index (κ2) is 9.24. The van der Waals surface area contributed by atoms with Gasteiger partial charge in [0.15, 0.2) is 0 Å². The first-order valence-electron chi connectivity index (χ1n) is 8.47. The van der Waals surface area contributed by atoms with Crippen molar-refractivity contribution in [3.8, 4) is 5.75 Å². The van der Waals surface area contributed by atoms with Crippen molar-refractivity contribution in [2.24, 2.45) is 0 Å². The van der Waals surface area contributed by atoms with E-state index in [4.69, 9.17) is 4.74 Å². The van der Waals surface area contributed by atoms with Gasteiger partial charge in [0.2, 0.25) is 5.91 Å². The summed E-state index contributed by atoms with van der Waals surface area (Å²) in [6, 6.07) is 14.7. The standard InChI is InChI=1S/C19H24N2O4S/c1-3-4-13-20-19(22)15-21(16-9-8-10-17(14-16)25-2)26(23,24)18-11-6-5-7-12-18/h5-12,14H,3-4,13,15H2,1-2H3,(H,20,22). The first-order valence-corrected chi connectivity index (χ1v) is 9.91. The average molecular weight is 376 g/mol. The van der Waals surface area contributed by atoms with Gasteiger partial charge in [0.25, 0.3) is 10.0 Å². The van der Waals surface area contributed by atoms with Crippen molar-refractivity contribution in [2.45, 2.75) is 24.7 Å². The van der Waals surface area contributed by atoms with Crippen molar-refractivity contribution in [3.63, 3.8) is 0 Å². The fourth-order valence-corrected chi connectivity index (χ4v) is 3.83. The monoisotopic (exact) mass is 376 g/mol. The molecular weight excluding hydrogens is 352 g/mol. The summed E-state index contributed by atoms with van der Waals surface area (Å²) in [6.45, 7) is 2.25.